The van der Waals surface area contributed by atoms with Crippen molar-refractivity contribution in [1.82, 2.24) is 10.2 Å². The summed E-state index contributed by atoms with van der Waals surface area (Å²) in [6, 6.07) is 0.549. The second kappa shape index (κ2) is 5.71. The minimum Gasteiger partial charge on any atom is -0.331 e. The zero-order valence-electron chi connectivity index (χ0n) is 9.73. The fourth-order valence-electron chi connectivity index (χ4n) is 1.90. The van der Waals surface area contributed by atoms with Gasteiger partial charge in [-0.25, -0.2) is 0 Å². The van der Waals surface area contributed by atoms with Crippen LogP contribution >= 0.6 is 0 Å². The summed E-state index contributed by atoms with van der Waals surface area (Å²) in [5.41, 5.74) is 0. The molecule has 0 aliphatic carbocycles. The lowest BCUT2D eigenvalue weighted by Gasteiger charge is -2.38. The summed E-state index contributed by atoms with van der Waals surface area (Å²) < 4.78 is 0. The van der Waals surface area contributed by atoms with Gasteiger partial charge in [0, 0.05) is 31.2 Å². The minimum absolute atomic E-state index is 0.106. The third-order valence-corrected chi connectivity index (χ3v) is 2.63. The third-order valence-electron chi connectivity index (χ3n) is 2.63. The molecule has 1 fully saturated rings. The van der Waals surface area contributed by atoms with Gasteiger partial charge in [0.25, 0.3) is 0 Å². The highest BCUT2D eigenvalue weighted by Gasteiger charge is 2.26. The van der Waals surface area contributed by atoms with Crippen molar-refractivity contribution in [3.05, 3.63) is 24.3 Å². The largest absolute Gasteiger partial charge is 0.331 e. The van der Waals surface area contributed by atoms with Gasteiger partial charge in [-0.05, 0) is 20.8 Å². The molecule has 0 aromatic carbocycles. The summed E-state index contributed by atoms with van der Waals surface area (Å²) in [5, 5.41) is 3.30. The maximum Gasteiger partial charge on any atom is 0.247 e. The predicted octanol–water partition coefficient (Wildman–Crippen LogP) is 1.33. The topological polar surface area (TPSA) is 32.3 Å². The van der Waals surface area contributed by atoms with E-state index in [1.165, 1.54) is 0 Å². The number of hydrogen-bond donors (Lipinski definition) is 1. The maximum atomic E-state index is 11.9. The van der Waals surface area contributed by atoms with E-state index in [0.717, 1.165) is 13.1 Å². The van der Waals surface area contributed by atoms with Crippen molar-refractivity contribution < 1.29 is 4.79 Å². The van der Waals surface area contributed by atoms with Crippen molar-refractivity contribution in [2.75, 3.05) is 13.1 Å². The van der Waals surface area contributed by atoms with E-state index in [1.807, 2.05) is 24.0 Å². The molecule has 1 amide bonds. The van der Waals surface area contributed by atoms with Crippen molar-refractivity contribution >= 4 is 5.91 Å². The third kappa shape index (κ3) is 3.20. The van der Waals surface area contributed by atoms with Crippen LogP contribution in [0.15, 0.2) is 24.3 Å². The molecule has 1 aliphatic rings. The summed E-state index contributed by atoms with van der Waals surface area (Å²) in [7, 11) is 0. The van der Waals surface area contributed by atoms with Gasteiger partial charge in [0.15, 0.2) is 0 Å². The molecular formula is C12H20N2O. The van der Waals surface area contributed by atoms with Crippen LogP contribution in [0.3, 0.4) is 0 Å². The quantitative estimate of drug-likeness (QED) is 0.548. The van der Waals surface area contributed by atoms with E-state index in [9.17, 15) is 4.79 Å². The van der Waals surface area contributed by atoms with Gasteiger partial charge in [-0.1, -0.05) is 18.2 Å². The van der Waals surface area contributed by atoms with Crippen molar-refractivity contribution in [1.29, 1.82) is 0 Å². The zero-order chi connectivity index (χ0) is 11.3. The number of nitrogens with zero attached hydrogens (tertiary/aromatic N) is 1. The molecule has 84 valence electrons. The number of amides is 1. The fourth-order valence-corrected chi connectivity index (χ4v) is 1.90. The number of piperazine rings is 1. The zero-order valence-corrected chi connectivity index (χ0v) is 9.73. The first-order valence-electron chi connectivity index (χ1n) is 5.49. The van der Waals surface area contributed by atoms with Crippen LogP contribution in [0.25, 0.3) is 0 Å². The van der Waals surface area contributed by atoms with Gasteiger partial charge < -0.3 is 10.2 Å². The van der Waals surface area contributed by atoms with Crippen LogP contribution in [-0.4, -0.2) is 36.0 Å². The van der Waals surface area contributed by atoms with Crippen LogP contribution in [0.1, 0.15) is 20.8 Å². The number of nitrogens with one attached hydrogen (secondary N) is 1. The standard InChI is InChI=1S/C12H20N2O/c1-4-5-6-7-12(15)14-10(2)8-13-9-11(14)3/h4-7,10-11,13H,8-9H2,1-3H3. The van der Waals surface area contributed by atoms with E-state index in [4.69, 9.17) is 0 Å². The van der Waals surface area contributed by atoms with Crippen LogP contribution in [0.2, 0.25) is 0 Å². The summed E-state index contributed by atoms with van der Waals surface area (Å²) in [6.07, 6.45) is 7.21. The van der Waals surface area contributed by atoms with Gasteiger partial charge in [-0.2, -0.15) is 0 Å². The molecule has 1 saturated heterocycles. The number of carbonyl (C=O) groups excluding carboxylic acids is 1. The lowest BCUT2D eigenvalue weighted by Crippen LogP contribution is -2.56. The van der Waals surface area contributed by atoms with Crippen molar-refractivity contribution in [2.24, 2.45) is 0 Å². The predicted molar refractivity (Wildman–Crippen MR) is 62.6 cm³/mol. The van der Waals surface area contributed by atoms with Gasteiger partial charge in [0.1, 0.15) is 0 Å². The van der Waals surface area contributed by atoms with E-state index in [-0.39, 0.29) is 18.0 Å². The molecule has 0 bridgehead atoms. The molecule has 0 saturated carbocycles. The first-order valence-corrected chi connectivity index (χ1v) is 5.49. The second-order valence-corrected chi connectivity index (χ2v) is 3.99. The molecular weight excluding hydrogens is 188 g/mol. The molecule has 1 aliphatic heterocycles. The Morgan fingerprint density at radius 2 is 1.87 bits per heavy atom. The lowest BCUT2D eigenvalue weighted by molar-refractivity contribution is -0.131. The summed E-state index contributed by atoms with van der Waals surface area (Å²) in [4.78, 5) is 13.8. The Kier molecular flexibility index (Phi) is 4.56. The molecule has 3 heteroatoms. The molecule has 1 N–H and O–H groups in total. The van der Waals surface area contributed by atoms with Gasteiger partial charge in [-0.3, -0.25) is 4.79 Å². The smallest absolute Gasteiger partial charge is 0.247 e. The van der Waals surface area contributed by atoms with Crippen LogP contribution in [-0.2, 0) is 4.79 Å². The lowest BCUT2D eigenvalue weighted by atomic mass is 10.1. The van der Waals surface area contributed by atoms with Crippen LogP contribution in [0.4, 0.5) is 0 Å². The molecule has 2 unspecified atom stereocenters. The molecule has 1 rings (SSSR count). The van der Waals surface area contributed by atoms with Crippen LogP contribution < -0.4 is 5.32 Å². The first kappa shape index (κ1) is 12.0. The molecule has 0 spiro atoms. The molecule has 0 aromatic rings. The molecule has 0 radical (unpaired) electrons. The second-order valence-electron chi connectivity index (χ2n) is 3.99. The van der Waals surface area contributed by atoms with E-state index in [1.54, 1.807) is 12.2 Å². The molecule has 2 atom stereocenters. The summed E-state index contributed by atoms with van der Waals surface area (Å²) in [6.45, 7) is 7.85. The van der Waals surface area contributed by atoms with Crippen molar-refractivity contribution in [3.8, 4) is 0 Å². The monoisotopic (exact) mass is 208 g/mol. The maximum absolute atomic E-state index is 11.9. The molecule has 3 nitrogen and oxygen atoms in total. The van der Waals surface area contributed by atoms with Gasteiger partial charge >= 0.3 is 0 Å². The van der Waals surface area contributed by atoms with Gasteiger partial charge in [0.2, 0.25) is 5.91 Å². The van der Waals surface area contributed by atoms with E-state index < -0.39 is 0 Å². The summed E-state index contributed by atoms with van der Waals surface area (Å²) in [5.74, 6) is 0.106. The van der Waals surface area contributed by atoms with Crippen LogP contribution in [0, 0.1) is 0 Å². The first-order chi connectivity index (χ1) is 7.16. The molecule has 15 heavy (non-hydrogen) atoms. The Hall–Kier alpha value is -1.09. The van der Waals surface area contributed by atoms with E-state index in [0.29, 0.717) is 0 Å². The minimum atomic E-state index is 0.106. The normalized spacial score (nSPS) is 27.8. The van der Waals surface area contributed by atoms with E-state index >= 15 is 0 Å². The summed E-state index contributed by atoms with van der Waals surface area (Å²) >= 11 is 0. The Labute approximate surface area is 91.8 Å². The number of rotatable bonds is 2. The Balaban J connectivity index is 2.63. The average Bonchev–Trinajstić information content (AvgIpc) is 2.18. The van der Waals surface area contributed by atoms with Crippen LogP contribution in [0.5, 0.6) is 0 Å². The average molecular weight is 208 g/mol. The highest BCUT2D eigenvalue weighted by molar-refractivity contribution is 5.88. The van der Waals surface area contributed by atoms with Crippen molar-refractivity contribution in [3.63, 3.8) is 0 Å². The van der Waals surface area contributed by atoms with Gasteiger partial charge in [-0.15, -0.1) is 0 Å². The highest BCUT2D eigenvalue weighted by atomic mass is 16.2. The fraction of sp³-hybridized carbons (Fsp3) is 0.583. The molecule has 1 heterocycles. The number of carbonyl (C=O) groups is 1. The SMILES string of the molecule is CC=CC=CC(=O)N1C(C)CNCC1C. The number of allylic oxidation sites excluding steroid dienone is 3. The van der Waals surface area contributed by atoms with Crippen molar-refractivity contribution in [2.45, 2.75) is 32.9 Å². The Morgan fingerprint density at radius 3 is 2.40 bits per heavy atom. The Bertz CT molecular complexity index is 261. The Morgan fingerprint density at radius 1 is 1.27 bits per heavy atom. The van der Waals surface area contributed by atoms with Gasteiger partial charge in [0.05, 0.1) is 0 Å². The number of hydrogen-bond acceptors (Lipinski definition) is 2. The highest BCUT2D eigenvalue weighted by Crippen LogP contribution is 2.10. The van der Waals surface area contributed by atoms with E-state index in [2.05, 4.69) is 19.2 Å². The molecule has 0 aromatic heterocycles.